The lowest BCUT2D eigenvalue weighted by molar-refractivity contribution is -0.199. The van der Waals surface area contributed by atoms with Gasteiger partial charge in [0.2, 0.25) is 0 Å². The summed E-state index contributed by atoms with van der Waals surface area (Å²) in [5, 5.41) is 10.2. The van der Waals surface area contributed by atoms with Crippen molar-refractivity contribution in [3.63, 3.8) is 0 Å². The molecule has 0 spiro atoms. The summed E-state index contributed by atoms with van der Waals surface area (Å²) in [6.07, 6.45) is -2.31. The van der Waals surface area contributed by atoms with Crippen LogP contribution in [0.3, 0.4) is 0 Å². The van der Waals surface area contributed by atoms with Crippen LogP contribution in [-0.4, -0.2) is 137 Å². The van der Waals surface area contributed by atoms with Crippen molar-refractivity contribution in [3.8, 4) is 0 Å². The molecule has 2 rings (SSSR count). The Kier molecular flexibility index (Phi) is 26.0. The monoisotopic (exact) mass is 780 g/mol. The Balaban J connectivity index is 0. The summed E-state index contributed by atoms with van der Waals surface area (Å²) in [6.45, 7) is 0.0431. The number of unbranched alkanes of at least 4 members (excludes halogenated alkanes) is 1. The molecule has 2 aliphatic heterocycles. The molecule has 308 valence electrons. The topological polar surface area (TPSA) is 290 Å². The molecule has 54 heavy (non-hydrogen) atoms. The number of alkyl carbamates (subject to hydrolysis) is 4. The maximum Gasteiger partial charge on any atom is 0.407 e. The zero-order valence-electron chi connectivity index (χ0n) is 29.2. The van der Waals surface area contributed by atoms with Gasteiger partial charge in [0.05, 0.1) is 20.6 Å². The maximum atomic E-state index is 12.1. The van der Waals surface area contributed by atoms with Crippen molar-refractivity contribution < 1.29 is 81.3 Å². The highest BCUT2D eigenvalue weighted by molar-refractivity contribution is 6.02. The van der Waals surface area contributed by atoms with Crippen LogP contribution in [0.4, 0.5) is 19.2 Å². The first-order valence-electron chi connectivity index (χ1n) is 15.9. The number of carbonyl (C=O) groups excluding carboxylic acids is 10. The van der Waals surface area contributed by atoms with Gasteiger partial charge in [-0.15, -0.1) is 10.1 Å². The van der Waals surface area contributed by atoms with Crippen LogP contribution >= 0.6 is 0 Å². The second kappa shape index (κ2) is 27.9. The number of ether oxygens (including phenoxy) is 5. The maximum absolute atomic E-state index is 12.1. The molecule has 2 aliphatic rings. The molecular weight excluding hydrogens is 728 g/mol. The van der Waals surface area contributed by atoms with Gasteiger partial charge in [-0.25, -0.2) is 28.8 Å². The Hall–Kier alpha value is -5.74. The van der Waals surface area contributed by atoms with Crippen LogP contribution in [0, 0.1) is 0 Å². The van der Waals surface area contributed by atoms with Crippen LogP contribution in [-0.2, 0) is 62.1 Å². The van der Waals surface area contributed by atoms with E-state index in [-0.39, 0.29) is 79.6 Å². The minimum Gasteiger partial charge on any atom is -0.453 e. The van der Waals surface area contributed by atoms with Gasteiger partial charge in [0.15, 0.2) is 0 Å². The minimum absolute atomic E-state index is 0. The Morgan fingerprint density at radius 2 is 1.15 bits per heavy atom. The standard InChI is InChI=1S/C15H23N3O9.C14H21N3O8.2CH4/c1-16-14(22)25-8-10(9-26-15(23)17-2)24-7-3-4-13(21)27-18-11(19)5-6-12(18)20;1-23-13(21)15-8-4-3-5-9(16-14(22)24-2)12(20)25-17-10(18)6-7-11(17)19;;/h10H,3-9H2,1-2H3,(H,16,22)(H,17,23);9H,3-8H2,1-2H3,(H,15,21)(H,16,22);2*1H4. The fourth-order valence-electron chi connectivity index (χ4n) is 3.90. The second-order valence-electron chi connectivity index (χ2n) is 10.4. The third kappa shape index (κ3) is 19.8. The zero-order valence-corrected chi connectivity index (χ0v) is 29.2. The van der Waals surface area contributed by atoms with E-state index in [4.69, 9.17) is 23.9 Å². The molecule has 23 nitrogen and oxygen atoms in total. The van der Waals surface area contributed by atoms with Crippen molar-refractivity contribution >= 4 is 59.9 Å². The molecule has 2 fully saturated rings. The van der Waals surface area contributed by atoms with Gasteiger partial charge in [-0.1, -0.05) is 14.9 Å². The van der Waals surface area contributed by atoms with Crippen molar-refractivity contribution in [1.82, 2.24) is 31.4 Å². The summed E-state index contributed by atoms with van der Waals surface area (Å²) in [5.74, 6) is -4.03. The van der Waals surface area contributed by atoms with E-state index < -0.39 is 72.1 Å². The van der Waals surface area contributed by atoms with E-state index >= 15 is 0 Å². The van der Waals surface area contributed by atoms with Gasteiger partial charge in [0.25, 0.3) is 23.6 Å². The van der Waals surface area contributed by atoms with Crippen molar-refractivity contribution in [1.29, 1.82) is 0 Å². The van der Waals surface area contributed by atoms with Crippen LogP contribution in [0.2, 0.25) is 0 Å². The van der Waals surface area contributed by atoms with Crippen LogP contribution in [0.15, 0.2) is 0 Å². The summed E-state index contributed by atoms with van der Waals surface area (Å²) < 4.78 is 24.0. The Morgan fingerprint density at radius 1 is 0.667 bits per heavy atom. The number of hydrogen-bond acceptors (Lipinski definition) is 17. The van der Waals surface area contributed by atoms with E-state index in [1.165, 1.54) is 21.2 Å². The average Bonchev–Trinajstić information content (AvgIpc) is 3.63. The first kappa shape index (κ1) is 50.4. The number of nitrogens with zero attached hydrogens (tertiary/aromatic N) is 2. The molecule has 0 saturated carbocycles. The number of methoxy groups -OCH3 is 2. The number of hydroxylamine groups is 4. The first-order valence-corrected chi connectivity index (χ1v) is 15.9. The average molecular weight is 781 g/mol. The highest BCUT2D eigenvalue weighted by Gasteiger charge is 2.35. The van der Waals surface area contributed by atoms with Crippen molar-refractivity contribution in [2.45, 2.75) is 84.8 Å². The van der Waals surface area contributed by atoms with Gasteiger partial charge in [0, 0.05) is 52.9 Å². The smallest absolute Gasteiger partial charge is 0.407 e. The normalized spacial score (nSPS) is 13.6. The molecule has 0 radical (unpaired) electrons. The van der Waals surface area contributed by atoms with Gasteiger partial charge in [-0.2, -0.15) is 0 Å². The Bertz CT molecular complexity index is 1240. The van der Waals surface area contributed by atoms with Gasteiger partial charge in [-0.05, 0) is 25.7 Å². The third-order valence-electron chi connectivity index (χ3n) is 6.61. The molecule has 1 unspecified atom stereocenters. The zero-order chi connectivity index (χ0) is 39.1. The van der Waals surface area contributed by atoms with Gasteiger partial charge in [0.1, 0.15) is 25.4 Å². The number of imide groups is 2. The predicted molar refractivity (Wildman–Crippen MR) is 181 cm³/mol. The van der Waals surface area contributed by atoms with E-state index in [0.717, 1.165) is 7.11 Å². The third-order valence-corrected chi connectivity index (χ3v) is 6.61. The molecule has 23 heteroatoms. The molecule has 0 aromatic heterocycles. The highest BCUT2D eigenvalue weighted by atomic mass is 16.7. The quantitative estimate of drug-likeness (QED) is 0.0841. The van der Waals surface area contributed by atoms with Crippen molar-refractivity contribution in [2.75, 3.05) is 54.7 Å². The summed E-state index contributed by atoms with van der Waals surface area (Å²) >= 11 is 0. The van der Waals surface area contributed by atoms with Crippen LogP contribution in [0.5, 0.6) is 0 Å². The molecule has 8 amide bonds. The lowest BCUT2D eigenvalue weighted by atomic mass is 10.1. The number of hydrogen-bond donors (Lipinski definition) is 4. The predicted octanol–water partition coefficient (Wildman–Crippen LogP) is 0.588. The van der Waals surface area contributed by atoms with Gasteiger partial charge >= 0.3 is 36.3 Å². The lowest BCUT2D eigenvalue weighted by Crippen LogP contribution is -2.45. The van der Waals surface area contributed by atoms with E-state index in [9.17, 15) is 47.9 Å². The fourth-order valence-corrected chi connectivity index (χ4v) is 3.90. The molecule has 2 heterocycles. The number of carbonyl (C=O) groups is 10. The number of rotatable bonds is 18. The molecule has 2 saturated heterocycles. The van der Waals surface area contributed by atoms with Crippen molar-refractivity contribution in [3.05, 3.63) is 0 Å². The summed E-state index contributed by atoms with van der Waals surface area (Å²) in [7, 11) is 5.15. The molecule has 1 atom stereocenters. The molecule has 0 bridgehead atoms. The van der Waals surface area contributed by atoms with E-state index in [2.05, 4.69) is 30.7 Å². The Morgan fingerprint density at radius 3 is 1.61 bits per heavy atom. The van der Waals surface area contributed by atoms with E-state index in [1.807, 2.05) is 0 Å². The SMILES string of the molecule is C.C.CNC(=O)OCC(COC(=O)NC)OCCCC(=O)ON1C(=O)CCC1=O.COC(=O)NCCCCC(NC(=O)OC)C(=O)ON1C(=O)CCC1=O. The molecule has 0 aliphatic carbocycles. The molecule has 4 N–H and O–H groups in total. The van der Waals surface area contributed by atoms with Crippen LogP contribution < -0.4 is 21.3 Å². The summed E-state index contributed by atoms with van der Waals surface area (Å²) in [5.41, 5.74) is 0. The highest BCUT2D eigenvalue weighted by Crippen LogP contribution is 2.15. The molecular formula is C31H52N6O17. The van der Waals surface area contributed by atoms with Gasteiger partial charge in [-0.3, -0.25) is 19.2 Å². The van der Waals surface area contributed by atoms with Crippen LogP contribution in [0.25, 0.3) is 0 Å². The van der Waals surface area contributed by atoms with E-state index in [1.54, 1.807) is 0 Å². The Labute approximate surface area is 312 Å². The summed E-state index contributed by atoms with van der Waals surface area (Å²) in [6, 6.07) is -1.10. The fraction of sp³-hybridized carbons (Fsp3) is 0.677. The van der Waals surface area contributed by atoms with E-state index in [0.29, 0.717) is 29.5 Å². The minimum atomic E-state index is -1.10. The molecule has 0 aromatic rings. The summed E-state index contributed by atoms with van der Waals surface area (Å²) in [4.78, 5) is 123. The van der Waals surface area contributed by atoms with Crippen LogP contribution in [0.1, 0.15) is 72.6 Å². The largest absolute Gasteiger partial charge is 0.453 e. The van der Waals surface area contributed by atoms with Crippen molar-refractivity contribution in [2.24, 2.45) is 0 Å². The molecule has 0 aromatic carbocycles. The van der Waals surface area contributed by atoms with Gasteiger partial charge < -0.3 is 54.6 Å². The first-order chi connectivity index (χ1) is 24.8. The second-order valence-corrected chi connectivity index (χ2v) is 10.4. The number of amides is 8. The lowest BCUT2D eigenvalue weighted by Gasteiger charge is -2.19. The number of nitrogens with one attached hydrogen (secondary N) is 4.